The molecule has 0 unspecified atom stereocenters. The molecule has 0 bridgehead atoms. The normalized spacial score (nSPS) is 1.50. The molecule has 0 aliphatic rings. The number of nitrogens with one attached hydrogen (secondary N) is 1. The van der Waals surface area contributed by atoms with E-state index in [-0.39, 0.29) is 71.7 Å². The quantitative estimate of drug-likeness (QED) is 0.258. The van der Waals surface area contributed by atoms with Gasteiger partial charge in [0, 0.05) is 0 Å². The fourth-order valence-electron chi connectivity index (χ4n) is 0. The van der Waals surface area contributed by atoms with Gasteiger partial charge in [-0.05, 0) is 0 Å². The van der Waals surface area contributed by atoms with Crippen molar-refractivity contribution in [1.29, 1.82) is 0 Å². The maximum Gasteiger partial charge on any atom is 1.00 e. The van der Waals surface area contributed by atoms with Gasteiger partial charge in [-0.2, -0.15) is 7.05 Å². The van der Waals surface area contributed by atoms with Gasteiger partial charge in [-0.3, -0.25) is 0 Å². The van der Waals surface area contributed by atoms with Gasteiger partial charge in [0.25, 0.3) is 0 Å². The van der Waals surface area contributed by atoms with Gasteiger partial charge in [-0.25, -0.2) is 0 Å². The molecule has 0 aliphatic carbocycles. The third-order valence-electron chi connectivity index (χ3n) is 0. The van der Waals surface area contributed by atoms with E-state index < -0.39 is 0 Å². The van der Waals surface area contributed by atoms with Gasteiger partial charge in [0.05, 0.1) is 0 Å². The first-order valence-corrected chi connectivity index (χ1v) is 0.500. The van der Waals surface area contributed by atoms with E-state index in [1.807, 2.05) is 0 Å². The third kappa shape index (κ3) is 8.89. The Kier molecular flexibility index (Phi) is 77.7. The summed E-state index contributed by atoms with van der Waals surface area (Å²) < 4.78 is 0. The molecule has 0 heterocycles. The van der Waals surface area contributed by atoms with Crippen molar-refractivity contribution in [1.82, 2.24) is 0 Å². The second-order valence-electron chi connectivity index (χ2n) is 0. The van der Waals surface area contributed by atoms with Gasteiger partial charge in [-0.1, -0.05) is 0 Å². The summed E-state index contributed by atoms with van der Waals surface area (Å²) in [4.78, 5) is 0. The van der Waals surface area contributed by atoms with Crippen molar-refractivity contribution in [2.75, 3.05) is 7.05 Å². The summed E-state index contributed by atoms with van der Waals surface area (Å²) in [6.07, 6.45) is 0. The molecule has 0 aromatic heterocycles. The van der Waals surface area contributed by atoms with Crippen LogP contribution in [0.4, 0.5) is 0 Å². The molecule has 0 aromatic carbocycles. The van der Waals surface area contributed by atoms with Crippen LogP contribution in [-0.2, 0) is 0 Å². The van der Waals surface area contributed by atoms with Crippen LogP contribution in [0.1, 0.15) is 1.43 Å². The molecule has 0 fully saturated rings. The summed E-state index contributed by atoms with van der Waals surface area (Å²) in [6.45, 7) is 0. The van der Waals surface area contributed by atoms with E-state index in [1.54, 1.807) is 0 Å². The smallest absolute Gasteiger partial charge is 1.00 e. The van der Waals surface area contributed by atoms with Crippen LogP contribution in [-0.4, -0.2) is 7.05 Å². The SMILES string of the molecule is C[NH-].[H-].[K+].[Li+]. The Morgan fingerprint density at radius 1 is 1.50 bits per heavy atom. The van der Waals surface area contributed by atoms with E-state index >= 15 is 0 Å². The van der Waals surface area contributed by atoms with E-state index in [2.05, 4.69) is 0 Å². The minimum Gasteiger partial charge on any atom is -1.00 e. The van der Waals surface area contributed by atoms with Crippen LogP contribution in [0.2, 0.25) is 0 Å². The van der Waals surface area contributed by atoms with Crippen LogP contribution in [0.5, 0.6) is 0 Å². The van der Waals surface area contributed by atoms with Crippen LogP contribution in [0.15, 0.2) is 0 Å². The van der Waals surface area contributed by atoms with E-state index in [0.29, 0.717) is 0 Å². The molecule has 0 saturated heterocycles. The van der Waals surface area contributed by atoms with Crippen LogP contribution >= 0.6 is 0 Å². The Morgan fingerprint density at radius 2 is 1.50 bits per heavy atom. The molecule has 0 atom stereocenters. The molecule has 4 heavy (non-hydrogen) atoms. The van der Waals surface area contributed by atoms with Crippen molar-refractivity contribution >= 4 is 0 Å². The van der Waals surface area contributed by atoms with Gasteiger partial charge in [-0.15, -0.1) is 0 Å². The Bertz CT molecular complexity index is 11.6. The Balaban J connectivity index is -0.00000000167. The molecular formula is CH5KLiN. The molecule has 1 N–H and O–H groups in total. The average Bonchev–Trinajstić information content (AvgIpc) is 1.00. The Hall–Kier alpha value is 2.19. The predicted octanol–water partition coefficient (Wildman–Crippen LogP) is -5.21. The van der Waals surface area contributed by atoms with Crippen molar-refractivity contribution in [2.24, 2.45) is 0 Å². The molecule has 0 spiro atoms. The largest absolute Gasteiger partial charge is 1.00 e. The van der Waals surface area contributed by atoms with E-state index in [0.717, 1.165) is 0 Å². The van der Waals surface area contributed by atoms with Gasteiger partial charge in [0.1, 0.15) is 0 Å². The summed E-state index contributed by atoms with van der Waals surface area (Å²) in [6, 6.07) is 0. The Morgan fingerprint density at radius 3 is 1.50 bits per heavy atom. The zero-order chi connectivity index (χ0) is 2.00. The fourth-order valence-corrected chi connectivity index (χ4v) is 0. The summed E-state index contributed by atoms with van der Waals surface area (Å²) in [5, 5.41) is 0. The molecule has 1 nitrogen and oxygen atoms in total. The average molecular weight is 77.1 g/mol. The number of rotatable bonds is 0. The molecular weight excluding hydrogens is 72.1 g/mol. The second-order valence-corrected chi connectivity index (χ2v) is 0. The Labute approximate surface area is 82.8 Å². The van der Waals surface area contributed by atoms with Gasteiger partial charge in [0.15, 0.2) is 0 Å². The van der Waals surface area contributed by atoms with Crippen molar-refractivity contribution < 1.29 is 71.7 Å². The van der Waals surface area contributed by atoms with Crippen LogP contribution < -0.4 is 70.2 Å². The van der Waals surface area contributed by atoms with Crippen molar-refractivity contribution in [3.05, 3.63) is 5.73 Å². The molecule has 0 aliphatic heterocycles. The molecule has 0 saturated carbocycles. The maximum atomic E-state index is 5.75. The van der Waals surface area contributed by atoms with Gasteiger partial charge >= 0.3 is 70.2 Å². The second kappa shape index (κ2) is 19.0. The molecule has 16 valence electrons. The number of hydrogen-bond acceptors (Lipinski definition) is 0. The van der Waals surface area contributed by atoms with Crippen LogP contribution in [0, 0.1) is 0 Å². The molecule has 0 aromatic rings. The minimum atomic E-state index is 0. The fraction of sp³-hybridized carbons (Fsp3) is 1.00. The van der Waals surface area contributed by atoms with Crippen molar-refractivity contribution in [3.8, 4) is 0 Å². The summed E-state index contributed by atoms with van der Waals surface area (Å²) in [5.74, 6) is 0. The third-order valence-corrected chi connectivity index (χ3v) is 0. The summed E-state index contributed by atoms with van der Waals surface area (Å²) in [7, 11) is 1.25. The van der Waals surface area contributed by atoms with E-state index in [1.165, 1.54) is 7.05 Å². The molecule has 0 amide bonds. The first-order chi connectivity index (χ1) is 1.00. The maximum absolute atomic E-state index is 5.75. The standard InChI is InChI=1S/CH4N.K.Li.H/c1-2;;;/h2H,1H3;;;/q-1;2*+1;-1. The predicted molar refractivity (Wildman–Crippen MR) is 11.4 cm³/mol. The van der Waals surface area contributed by atoms with Gasteiger partial charge < -0.3 is 7.16 Å². The first-order valence-electron chi connectivity index (χ1n) is 0.500. The zero-order valence-electron chi connectivity index (χ0n) is 4.50. The van der Waals surface area contributed by atoms with E-state index in [4.69, 9.17) is 5.73 Å². The first kappa shape index (κ1) is 16.4. The van der Waals surface area contributed by atoms with Gasteiger partial charge in [0.2, 0.25) is 0 Å². The topological polar surface area (TPSA) is 23.8 Å². The molecule has 0 radical (unpaired) electrons. The van der Waals surface area contributed by atoms with Crippen LogP contribution in [0.3, 0.4) is 0 Å². The summed E-state index contributed by atoms with van der Waals surface area (Å²) >= 11 is 0. The van der Waals surface area contributed by atoms with Crippen LogP contribution in [0.25, 0.3) is 5.73 Å². The number of hydrogen-bond donors (Lipinski definition) is 0. The van der Waals surface area contributed by atoms with E-state index in [9.17, 15) is 0 Å². The monoisotopic (exact) mass is 77.0 g/mol. The van der Waals surface area contributed by atoms with Crippen molar-refractivity contribution in [2.45, 2.75) is 0 Å². The molecule has 3 heteroatoms. The minimum absolute atomic E-state index is 0. The van der Waals surface area contributed by atoms with Crippen molar-refractivity contribution in [3.63, 3.8) is 0 Å². The summed E-state index contributed by atoms with van der Waals surface area (Å²) in [5.41, 5.74) is 5.75. The molecule has 0 rings (SSSR count). The zero-order valence-corrected chi connectivity index (χ0v) is 6.62.